The number of halogens is 1. The molecule has 30 heavy (non-hydrogen) atoms. The molecule has 3 rings (SSSR count). The van der Waals surface area contributed by atoms with E-state index in [4.69, 9.17) is 16.3 Å². The Morgan fingerprint density at radius 2 is 1.87 bits per heavy atom. The lowest BCUT2D eigenvalue weighted by atomic mass is 10.0. The van der Waals surface area contributed by atoms with Crippen LogP contribution in [0.1, 0.15) is 47.3 Å². The summed E-state index contributed by atoms with van der Waals surface area (Å²) in [7, 11) is 1.60. The minimum absolute atomic E-state index is 0.00406. The van der Waals surface area contributed by atoms with Crippen molar-refractivity contribution in [3.8, 4) is 5.75 Å². The van der Waals surface area contributed by atoms with Gasteiger partial charge in [-0.25, -0.2) is 0 Å². The first-order valence-electron chi connectivity index (χ1n) is 10.5. The summed E-state index contributed by atoms with van der Waals surface area (Å²) in [6.45, 7) is 3.04. The molecule has 1 amide bonds. The van der Waals surface area contributed by atoms with Crippen molar-refractivity contribution >= 4 is 34.6 Å². The van der Waals surface area contributed by atoms with E-state index < -0.39 is 0 Å². The van der Waals surface area contributed by atoms with Gasteiger partial charge >= 0.3 is 0 Å². The molecule has 0 bridgehead atoms. The maximum atomic E-state index is 12.5. The van der Waals surface area contributed by atoms with E-state index >= 15 is 0 Å². The number of nitrogens with zero attached hydrogens (tertiary/aromatic N) is 1. The van der Waals surface area contributed by atoms with E-state index in [9.17, 15) is 9.59 Å². The number of carbonyl (C=O) groups is 2. The largest absolute Gasteiger partial charge is 0.497 e. The van der Waals surface area contributed by atoms with Crippen LogP contribution < -0.4 is 10.1 Å². The highest BCUT2D eigenvalue weighted by atomic mass is 35.5. The van der Waals surface area contributed by atoms with Gasteiger partial charge in [0, 0.05) is 42.3 Å². The van der Waals surface area contributed by atoms with Crippen molar-refractivity contribution in [3.05, 3.63) is 51.2 Å². The molecule has 1 saturated heterocycles. The molecule has 2 heterocycles. The molecule has 1 aromatic carbocycles. The lowest BCUT2D eigenvalue weighted by Crippen LogP contribution is -2.44. The summed E-state index contributed by atoms with van der Waals surface area (Å²) in [5, 5.41) is 3.19. The zero-order chi connectivity index (χ0) is 21.3. The molecule has 1 atom stereocenters. The molecule has 1 aliphatic heterocycles. The van der Waals surface area contributed by atoms with Crippen LogP contribution in [0.5, 0.6) is 5.75 Å². The molecule has 1 aliphatic rings. The van der Waals surface area contributed by atoms with Gasteiger partial charge in [0.1, 0.15) is 5.75 Å². The fourth-order valence-electron chi connectivity index (χ4n) is 3.77. The Bertz CT molecular complexity index is 831. The van der Waals surface area contributed by atoms with Crippen molar-refractivity contribution in [2.45, 2.75) is 44.6 Å². The molecular formula is C23H29ClN2O3S. The first-order valence-corrected chi connectivity index (χ1v) is 11.7. The van der Waals surface area contributed by atoms with Crippen LogP contribution in [0.15, 0.2) is 36.4 Å². The van der Waals surface area contributed by atoms with Crippen LogP contribution in [0.3, 0.4) is 0 Å². The number of hydrogen-bond donors (Lipinski definition) is 1. The molecular weight excluding hydrogens is 420 g/mol. The van der Waals surface area contributed by atoms with E-state index in [0.29, 0.717) is 24.8 Å². The molecule has 7 heteroatoms. The smallest absolute Gasteiger partial charge is 0.220 e. The number of thiophene rings is 1. The maximum absolute atomic E-state index is 12.5. The van der Waals surface area contributed by atoms with Gasteiger partial charge in [-0.05, 0) is 68.8 Å². The third kappa shape index (κ3) is 7.11. The molecule has 5 nitrogen and oxygen atoms in total. The number of ketones is 1. The molecule has 162 valence electrons. The van der Waals surface area contributed by atoms with E-state index in [-0.39, 0.29) is 17.7 Å². The zero-order valence-electron chi connectivity index (χ0n) is 17.4. The summed E-state index contributed by atoms with van der Waals surface area (Å²) < 4.78 is 5.89. The first kappa shape index (κ1) is 22.8. The van der Waals surface area contributed by atoms with Crippen molar-refractivity contribution in [3.63, 3.8) is 0 Å². The predicted octanol–water partition coefficient (Wildman–Crippen LogP) is 4.59. The van der Waals surface area contributed by atoms with Gasteiger partial charge in [-0.2, -0.15) is 0 Å². The van der Waals surface area contributed by atoms with Gasteiger partial charge in [0.05, 0.1) is 11.4 Å². The number of amides is 1. The van der Waals surface area contributed by atoms with E-state index in [2.05, 4.69) is 10.2 Å². The molecule has 2 aromatic rings. The normalized spacial score (nSPS) is 15.1. The monoisotopic (exact) mass is 448 g/mol. The topological polar surface area (TPSA) is 58.6 Å². The SMILES string of the molecule is COc1ccc(C(=O)CCCC(=O)N[C@@H](Cc2ccc(Cl)s2)CN2CCCC2)cc1. The van der Waals surface area contributed by atoms with Gasteiger partial charge in [-0.15, -0.1) is 11.3 Å². The molecule has 0 saturated carbocycles. The Balaban J connectivity index is 1.47. The lowest BCUT2D eigenvalue weighted by molar-refractivity contribution is -0.122. The molecule has 0 unspecified atom stereocenters. The highest BCUT2D eigenvalue weighted by Gasteiger charge is 2.20. The number of ether oxygens (including phenoxy) is 1. The summed E-state index contributed by atoms with van der Waals surface area (Å²) in [6, 6.07) is 11.1. The minimum atomic E-state index is 0.00406. The van der Waals surface area contributed by atoms with Gasteiger partial charge in [-0.1, -0.05) is 11.6 Å². The number of hydrogen-bond acceptors (Lipinski definition) is 5. The predicted molar refractivity (Wildman–Crippen MR) is 122 cm³/mol. The summed E-state index contributed by atoms with van der Waals surface area (Å²) in [4.78, 5) is 28.5. The number of Topliss-reactive ketones (excluding diaryl/α,β-unsaturated/α-hetero) is 1. The van der Waals surface area contributed by atoms with Gasteiger partial charge in [0.15, 0.2) is 5.78 Å². The summed E-state index contributed by atoms with van der Waals surface area (Å²) in [5.74, 6) is 0.777. The van der Waals surface area contributed by atoms with Crippen LogP contribution in [-0.2, 0) is 11.2 Å². The Morgan fingerprint density at radius 1 is 1.13 bits per heavy atom. The van der Waals surface area contributed by atoms with Crippen LogP contribution >= 0.6 is 22.9 Å². The van der Waals surface area contributed by atoms with E-state index in [1.54, 1.807) is 42.7 Å². The highest BCUT2D eigenvalue weighted by molar-refractivity contribution is 7.16. The third-order valence-electron chi connectivity index (χ3n) is 5.34. The van der Waals surface area contributed by atoms with Crippen molar-refractivity contribution in [2.24, 2.45) is 0 Å². The maximum Gasteiger partial charge on any atom is 0.220 e. The second kappa shape index (κ2) is 11.5. The zero-order valence-corrected chi connectivity index (χ0v) is 18.9. The second-order valence-corrected chi connectivity index (χ2v) is 9.49. The lowest BCUT2D eigenvalue weighted by Gasteiger charge is -2.24. The van der Waals surface area contributed by atoms with E-state index in [0.717, 1.165) is 36.1 Å². The van der Waals surface area contributed by atoms with Crippen LogP contribution in [0.4, 0.5) is 0 Å². The quantitative estimate of drug-likeness (QED) is 0.511. The molecule has 0 radical (unpaired) electrons. The average Bonchev–Trinajstić information content (AvgIpc) is 3.39. The van der Waals surface area contributed by atoms with Gasteiger partial charge in [0.2, 0.25) is 5.91 Å². The number of nitrogens with one attached hydrogen (secondary N) is 1. The third-order valence-corrected chi connectivity index (χ3v) is 6.59. The fraction of sp³-hybridized carbons (Fsp3) is 0.478. The van der Waals surface area contributed by atoms with Crippen molar-refractivity contribution < 1.29 is 14.3 Å². The Morgan fingerprint density at radius 3 is 2.50 bits per heavy atom. The summed E-state index contributed by atoms with van der Waals surface area (Å²) in [5.41, 5.74) is 0.651. The molecule has 1 aromatic heterocycles. The van der Waals surface area contributed by atoms with E-state index in [1.807, 2.05) is 12.1 Å². The molecule has 0 spiro atoms. The van der Waals surface area contributed by atoms with Crippen molar-refractivity contribution in [1.82, 2.24) is 10.2 Å². The average molecular weight is 449 g/mol. The van der Waals surface area contributed by atoms with Crippen LogP contribution in [0.25, 0.3) is 0 Å². The number of likely N-dealkylation sites (tertiary alicyclic amines) is 1. The number of rotatable bonds is 11. The summed E-state index contributed by atoms with van der Waals surface area (Å²) >= 11 is 7.63. The number of benzene rings is 1. The Kier molecular flexibility index (Phi) is 8.73. The molecule has 1 N–H and O–H groups in total. The highest BCUT2D eigenvalue weighted by Crippen LogP contribution is 2.23. The van der Waals surface area contributed by atoms with Crippen molar-refractivity contribution in [1.29, 1.82) is 0 Å². The fourth-order valence-corrected chi connectivity index (χ4v) is 4.94. The molecule has 0 aliphatic carbocycles. The van der Waals surface area contributed by atoms with Gasteiger partial charge in [0.25, 0.3) is 0 Å². The molecule has 1 fully saturated rings. The van der Waals surface area contributed by atoms with Crippen molar-refractivity contribution in [2.75, 3.05) is 26.7 Å². The van der Waals surface area contributed by atoms with E-state index in [1.165, 1.54) is 17.7 Å². The van der Waals surface area contributed by atoms with Crippen LogP contribution in [0, 0.1) is 0 Å². The van der Waals surface area contributed by atoms with Gasteiger partial charge in [-0.3, -0.25) is 9.59 Å². The Hall–Kier alpha value is -1.89. The van der Waals surface area contributed by atoms with Crippen LogP contribution in [-0.4, -0.2) is 49.4 Å². The minimum Gasteiger partial charge on any atom is -0.497 e. The Labute approximate surface area is 187 Å². The number of carbonyl (C=O) groups excluding carboxylic acids is 2. The first-order chi connectivity index (χ1) is 14.5. The second-order valence-electron chi connectivity index (χ2n) is 7.69. The van der Waals surface area contributed by atoms with Crippen LogP contribution in [0.2, 0.25) is 4.34 Å². The standard InChI is InChI=1S/C23H29ClN2O3S/c1-29-19-9-7-17(8-10-19)21(27)5-4-6-23(28)25-18(16-26-13-2-3-14-26)15-20-11-12-22(24)30-20/h7-12,18H,2-6,13-16H2,1H3,(H,25,28)/t18-/m0/s1. The number of methoxy groups -OCH3 is 1. The summed E-state index contributed by atoms with van der Waals surface area (Å²) in [6.07, 6.45) is 4.47. The van der Waals surface area contributed by atoms with Gasteiger partial charge < -0.3 is 15.0 Å².